The molecule has 0 heterocycles. The molecule has 0 saturated carbocycles. The molecule has 96 valence electrons. The molecule has 7 heteroatoms. The third-order valence-electron chi connectivity index (χ3n) is 1.63. The van der Waals surface area contributed by atoms with Gasteiger partial charge in [0.15, 0.2) is 0 Å². The predicted molar refractivity (Wildman–Crippen MR) is 55.5 cm³/mol. The number of allylic oxidation sites excluding steroid dienone is 2. The van der Waals surface area contributed by atoms with Crippen LogP contribution in [-0.2, 0) is 9.47 Å². The van der Waals surface area contributed by atoms with Crippen molar-refractivity contribution in [3.63, 3.8) is 0 Å². The van der Waals surface area contributed by atoms with Crippen molar-refractivity contribution >= 4 is 12.9 Å². The molecule has 0 aliphatic heterocycles. The highest BCUT2D eigenvalue weighted by Crippen LogP contribution is 2.33. The third kappa shape index (κ3) is 4.71. The van der Waals surface area contributed by atoms with Crippen LogP contribution in [0.25, 0.3) is 0 Å². The highest BCUT2D eigenvalue weighted by atomic mass is 19.4. The molecule has 17 heavy (non-hydrogen) atoms. The van der Waals surface area contributed by atoms with E-state index in [1.54, 1.807) is 0 Å². The predicted octanol–water partition coefficient (Wildman–Crippen LogP) is 3.21. The van der Waals surface area contributed by atoms with Gasteiger partial charge in [0.25, 0.3) is 0 Å². The molecule has 4 nitrogen and oxygen atoms in total. The summed E-state index contributed by atoms with van der Waals surface area (Å²) >= 11 is 0. The average molecular weight is 251 g/mol. The number of hydrogen-bond donors (Lipinski definition) is 0. The number of halogens is 3. The van der Waals surface area contributed by atoms with E-state index in [9.17, 15) is 18.0 Å². The van der Waals surface area contributed by atoms with Crippen molar-refractivity contribution in [3.8, 4) is 0 Å². The Morgan fingerprint density at radius 2 is 1.88 bits per heavy atom. The van der Waals surface area contributed by atoms with Crippen LogP contribution in [-0.4, -0.2) is 24.7 Å². The van der Waals surface area contributed by atoms with Crippen LogP contribution in [0, 0.1) is 0 Å². The molecule has 0 atom stereocenters. The van der Waals surface area contributed by atoms with Crippen LogP contribution >= 0.6 is 0 Å². The Morgan fingerprint density at radius 1 is 1.35 bits per heavy atom. The van der Waals surface area contributed by atoms with Crippen molar-refractivity contribution in [2.24, 2.45) is 4.99 Å². The van der Waals surface area contributed by atoms with E-state index in [0.717, 1.165) is 6.08 Å². The fourth-order valence-electron chi connectivity index (χ4n) is 0.592. The van der Waals surface area contributed by atoms with Gasteiger partial charge in [0.1, 0.15) is 0 Å². The number of carbonyl (C=O) groups excluding carboxylic acids is 1. The van der Waals surface area contributed by atoms with Gasteiger partial charge >= 0.3 is 12.3 Å². The van der Waals surface area contributed by atoms with E-state index >= 15 is 0 Å². The molecule has 0 spiro atoms. The standard InChI is InChI=1S/C10H12F3NO3/c1-5-6-7(14-4)16-8(15)17-9(2,3)10(11,12)13/h5-6H,1,4H2,2-3H3/b7-6+. The molecule has 0 aromatic carbocycles. The molecule has 0 fully saturated rings. The number of carbonyl (C=O) groups is 1. The summed E-state index contributed by atoms with van der Waals surface area (Å²) in [5.41, 5.74) is -2.65. The second-order valence-electron chi connectivity index (χ2n) is 3.36. The smallest absolute Gasteiger partial charge is 0.418 e. The first-order valence-electron chi connectivity index (χ1n) is 4.41. The zero-order valence-corrected chi connectivity index (χ0v) is 9.37. The van der Waals surface area contributed by atoms with Crippen molar-refractivity contribution in [3.05, 3.63) is 24.6 Å². The van der Waals surface area contributed by atoms with Crippen LogP contribution < -0.4 is 0 Å². The van der Waals surface area contributed by atoms with E-state index in [0.29, 0.717) is 13.8 Å². The second-order valence-corrected chi connectivity index (χ2v) is 3.36. The van der Waals surface area contributed by atoms with E-state index in [1.807, 2.05) is 0 Å². The first-order valence-corrected chi connectivity index (χ1v) is 4.41. The molecular formula is C10H12F3NO3. The number of nitrogens with zero attached hydrogens (tertiary/aromatic N) is 1. The lowest BCUT2D eigenvalue weighted by Gasteiger charge is -2.26. The van der Waals surface area contributed by atoms with Gasteiger partial charge in [-0.05, 0) is 20.6 Å². The minimum atomic E-state index is -4.70. The molecule has 0 aromatic rings. The lowest BCUT2D eigenvalue weighted by molar-refractivity contribution is -0.248. The van der Waals surface area contributed by atoms with Gasteiger partial charge in [0.05, 0.1) is 0 Å². The fourth-order valence-corrected chi connectivity index (χ4v) is 0.592. The van der Waals surface area contributed by atoms with Crippen LogP contribution in [0.15, 0.2) is 29.6 Å². The molecule has 0 amide bonds. The maximum atomic E-state index is 12.4. The van der Waals surface area contributed by atoms with Gasteiger partial charge in [-0.15, -0.1) is 0 Å². The van der Waals surface area contributed by atoms with Crippen LogP contribution in [0.2, 0.25) is 0 Å². The van der Waals surface area contributed by atoms with Crippen molar-refractivity contribution in [1.82, 2.24) is 0 Å². The third-order valence-corrected chi connectivity index (χ3v) is 1.63. The summed E-state index contributed by atoms with van der Waals surface area (Å²) in [6.07, 6.45) is -3.84. The van der Waals surface area contributed by atoms with Crippen LogP contribution in [0.4, 0.5) is 18.0 Å². The zero-order valence-electron chi connectivity index (χ0n) is 9.37. The first-order chi connectivity index (χ1) is 7.64. The van der Waals surface area contributed by atoms with Gasteiger partial charge in [-0.3, -0.25) is 0 Å². The SMILES string of the molecule is C=C/C=C(\N=C)OC(=O)OC(C)(C)C(F)(F)F. The monoisotopic (exact) mass is 251 g/mol. The molecule has 0 aliphatic carbocycles. The van der Waals surface area contributed by atoms with Crippen molar-refractivity contribution < 1.29 is 27.4 Å². The minimum Gasteiger partial charge on any atom is -0.418 e. The Balaban J connectivity index is 4.62. The van der Waals surface area contributed by atoms with E-state index in [1.165, 1.54) is 6.08 Å². The van der Waals surface area contributed by atoms with Gasteiger partial charge in [-0.2, -0.15) is 13.2 Å². The van der Waals surface area contributed by atoms with Gasteiger partial charge in [0, 0.05) is 6.08 Å². The van der Waals surface area contributed by atoms with Gasteiger partial charge < -0.3 is 9.47 Å². The molecule has 0 N–H and O–H groups in total. The zero-order chi connectivity index (χ0) is 13.7. The Labute approximate surface area is 96.4 Å². The second kappa shape index (κ2) is 5.51. The summed E-state index contributed by atoms with van der Waals surface area (Å²) < 4.78 is 45.6. The maximum absolute atomic E-state index is 12.4. The normalized spacial score (nSPS) is 12.9. The molecule has 0 aromatic heterocycles. The maximum Gasteiger partial charge on any atom is 0.516 e. The molecule has 0 rings (SSSR count). The van der Waals surface area contributed by atoms with Gasteiger partial charge in [-0.1, -0.05) is 12.7 Å². The summed E-state index contributed by atoms with van der Waals surface area (Å²) in [4.78, 5) is 14.3. The Morgan fingerprint density at radius 3 is 2.24 bits per heavy atom. The largest absolute Gasteiger partial charge is 0.516 e. The van der Waals surface area contributed by atoms with E-state index in [4.69, 9.17) is 0 Å². The molecule has 0 unspecified atom stereocenters. The summed E-state index contributed by atoms with van der Waals surface area (Å²) in [5.74, 6) is -0.303. The Hall–Kier alpha value is -1.79. The van der Waals surface area contributed by atoms with E-state index in [2.05, 4.69) is 27.8 Å². The highest BCUT2D eigenvalue weighted by Gasteiger charge is 2.51. The molecule has 0 radical (unpaired) electrons. The Bertz CT molecular complexity index is 345. The molecular weight excluding hydrogens is 239 g/mol. The average Bonchev–Trinajstić information content (AvgIpc) is 2.14. The quantitative estimate of drug-likeness (QED) is 0.333. The fraction of sp³-hybridized carbons (Fsp3) is 0.400. The van der Waals surface area contributed by atoms with Crippen molar-refractivity contribution in [2.45, 2.75) is 25.6 Å². The first kappa shape index (κ1) is 15.2. The van der Waals surface area contributed by atoms with Crippen molar-refractivity contribution in [1.29, 1.82) is 0 Å². The van der Waals surface area contributed by atoms with Crippen LogP contribution in [0.3, 0.4) is 0 Å². The Kier molecular flexibility index (Phi) is 4.93. The van der Waals surface area contributed by atoms with E-state index < -0.39 is 17.9 Å². The molecule has 0 saturated heterocycles. The summed E-state index contributed by atoms with van der Waals surface area (Å²) in [6, 6.07) is 0. The highest BCUT2D eigenvalue weighted by molar-refractivity contribution is 5.62. The minimum absolute atomic E-state index is 0.303. The molecule has 0 bridgehead atoms. The summed E-state index contributed by atoms with van der Waals surface area (Å²) in [7, 11) is 0. The number of hydrogen-bond acceptors (Lipinski definition) is 4. The molecule has 0 aliphatic rings. The number of aliphatic imine (C=N–C) groups is 1. The van der Waals surface area contributed by atoms with Crippen LogP contribution in [0.1, 0.15) is 13.8 Å². The van der Waals surface area contributed by atoms with Gasteiger partial charge in [-0.25, -0.2) is 9.79 Å². The lowest BCUT2D eigenvalue weighted by atomic mass is 10.1. The number of rotatable bonds is 4. The van der Waals surface area contributed by atoms with Crippen molar-refractivity contribution in [2.75, 3.05) is 0 Å². The number of ether oxygens (including phenoxy) is 2. The van der Waals surface area contributed by atoms with Crippen LogP contribution in [0.5, 0.6) is 0 Å². The lowest BCUT2D eigenvalue weighted by Crippen LogP contribution is -2.43. The van der Waals surface area contributed by atoms with Gasteiger partial charge in [0.2, 0.25) is 11.5 Å². The number of alkyl halides is 3. The van der Waals surface area contributed by atoms with E-state index in [-0.39, 0.29) is 5.88 Å². The topological polar surface area (TPSA) is 47.9 Å². The summed E-state index contributed by atoms with van der Waals surface area (Å²) in [6.45, 7) is 7.75. The summed E-state index contributed by atoms with van der Waals surface area (Å²) in [5, 5.41) is 0.